The number of hydrogen-bond donors (Lipinski definition) is 2. The Morgan fingerprint density at radius 2 is 1.79 bits per heavy atom. The Kier molecular flexibility index (Phi) is 4.28. The summed E-state index contributed by atoms with van der Waals surface area (Å²) in [7, 11) is 0. The van der Waals surface area contributed by atoms with E-state index in [1.807, 2.05) is 0 Å². The van der Waals surface area contributed by atoms with E-state index in [1.54, 1.807) is 0 Å². The van der Waals surface area contributed by atoms with Gasteiger partial charge in [0.1, 0.15) is 0 Å². The van der Waals surface area contributed by atoms with Gasteiger partial charge in [0.15, 0.2) is 0 Å². The molecule has 0 fully saturated rings. The number of urea groups is 1. The minimum Gasteiger partial charge on any atom is -0.352 e. The van der Waals surface area contributed by atoms with E-state index in [2.05, 4.69) is 65.1 Å². The highest BCUT2D eigenvalue weighted by Crippen LogP contribution is 2.30. The van der Waals surface area contributed by atoms with Crippen LogP contribution in [0.1, 0.15) is 51.3 Å². The number of nitrogens with two attached hydrogens (primary N) is 1. The van der Waals surface area contributed by atoms with Crippen molar-refractivity contribution < 1.29 is 4.79 Å². The maximum Gasteiger partial charge on any atom is 0.312 e. The molecule has 3 nitrogen and oxygen atoms in total. The first kappa shape index (κ1) is 15.5. The maximum absolute atomic E-state index is 10.9. The fourth-order valence-corrected chi connectivity index (χ4v) is 2.29. The summed E-state index contributed by atoms with van der Waals surface area (Å²) in [5.41, 5.74) is 8.99. The van der Waals surface area contributed by atoms with Gasteiger partial charge in [-0.2, -0.15) is 0 Å². The molecule has 0 aliphatic heterocycles. The van der Waals surface area contributed by atoms with Crippen molar-refractivity contribution in [3.8, 4) is 0 Å². The van der Waals surface area contributed by atoms with Gasteiger partial charge in [0.25, 0.3) is 0 Å². The van der Waals surface area contributed by atoms with Crippen molar-refractivity contribution in [3.63, 3.8) is 0 Å². The van der Waals surface area contributed by atoms with Crippen molar-refractivity contribution in [2.24, 2.45) is 5.73 Å². The van der Waals surface area contributed by atoms with E-state index in [0.29, 0.717) is 6.54 Å². The first-order valence-electron chi connectivity index (χ1n) is 6.69. The van der Waals surface area contributed by atoms with Gasteiger partial charge >= 0.3 is 6.03 Å². The Morgan fingerprint density at radius 1 is 1.21 bits per heavy atom. The SMILES string of the molecule is Cc1cc(C(C)(C)C)ccc1C(C)(C)CNC(N)=O. The minimum atomic E-state index is -0.475. The molecule has 0 heterocycles. The van der Waals surface area contributed by atoms with E-state index >= 15 is 0 Å². The van der Waals surface area contributed by atoms with E-state index in [-0.39, 0.29) is 10.8 Å². The van der Waals surface area contributed by atoms with Crippen LogP contribution in [0.3, 0.4) is 0 Å². The molecule has 106 valence electrons. The van der Waals surface area contributed by atoms with Crippen LogP contribution in [0.2, 0.25) is 0 Å². The van der Waals surface area contributed by atoms with Crippen LogP contribution < -0.4 is 11.1 Å². The number of carbonyl (C=O) groups is 1. The van der Waals surface area contributed by atoms with Gasteiger partial charge < -0.3 is 11.1 Å². The standard InChI is InChI=1S/C16H26N2O/c1-11-9-12(15(2,3)4)7-8-13(11)16(5,6)10-18-14(17)19/h7-9H,10H2,1-6H3,(H3,17,18,19). The third-order valence-electron chi connectivity index (χ3n) is 3.53. The van der Waals surface area contributed by atoms with Gasteiger partial charge in [0.05, 0.1) is 0 Å². The summed E-state index contributed by atoms with van der Waals surface area (Å²) in [6, 6.07) is 6.10. The fourth-order valence-electron chi connectivity index (χ4n) is 2.29. The predicted molar refractivity (Wildman–Crippen MR) is 80.5 cm³/mol. The molecule has 3 N–H and O–H groups in total. The Balaban J connectivity index is 3.05. The lowest BCUT2D eigenvalue weighted by Gasteiger charge is -2.29. The van der Waals surface area contributed by atoms with Gasteiger partial charge in [0.2, 0.25) is 0 Å². The van der Waals surface area contributed by atoms with Crippen molar-refractivity contribution in [3.05, 3.63) is 34.9 Å². The topological polar surface area (TPSA) is 55.1 Å². The summed E-state index contributed by atoms with van der Waals surface area (Å²) in [5, 5.41) is 2.70. The number of aryl methyl sites for hydroxylation is 1. The molecule has 1 rings (SSSR count). The lowest BCUT2D eigenvalue weighted by Crippen LogP contribution is -2.39. The lowest BCUT2D eigenvalue weighted by atomic mass is 9.78. The van der Waals surface area contributed by atoms with Crippen molar-refractivity contribution in [2.45, 2.75) is 52.4 Å². The molecular formula is C16H26N2O. The zero-order valence-electron chi connectivity index (χ0n) is 12.9. The molecule has 0 spiro atoms. The number of rotatable bonds is 3. The molecular weight excluding hydrogens is 236 g/mol. The zero-order chi connectivity index (χ0) is 14.8. The highest BCUT2D eigenvalue weighted by atomic mass is 16.2. The summed E-state index contributed by atoms with van der Waals surface area (Å²) < 4.78 is 0. The number of amides is 2. The molecule has 0 atom stereocenters. The second-order valence-electron chi connectivity index (χ2n) is 6.88. The predicted octanol–water partition coefficient (Wildman–Crippen LogP) is 3.24. The molecule has 0 radical (unpaired) electrons. The summed E-state index contributed by atoms with van der Waals surface area (Å²) in [6.07, 6.45) is 0. The molecule has 0 bridgehead atoms. The molecule has 0 aliphatic carbocycles. The maximum atomic E-state index is 10.9. The second-order valence-corrected chi connectivity index (χ2v) is 6.88. The molecule has 0 saturated carbocycles. The van der Waals surface area contributed by atoms with E-state index in [9.17, 15) is 4.79 Å². The molecule has 1 aromatic rings. The molecule has 0 saturated heterocycles. The van der Waals surface area contributed by atoms with Gasteiger partial charge in [-0.05, 0) is 29.0 Å². The molecule has 19 heavy (non-hydrogen) atoms. The molecule has 0 unspecified atom stereocenters. The quantitative estimate of drug-likeness (QED) is 0.863. The molecule has 0 aromatic heterocycles. The number of primary amides is 1. The minimum absolute atomic E-state index is 0.129. The molecule has 1 aromatic carbocycles. The van der Waals surface area contributed by atoms with Crippen molar-refractivity contribution in [2.75, 3.05) is 6.54 Å². The summed E-state index contributed by atoms with van der Waals surface area (Å²) in [5.74, 6) is 0. The van der Waals surface area contributed by atoms with E-state index in [4.69, 9.17) is 5.73 Å². The number of benzene rings is 1. The van der Waals surface area contributed by atoms with E-state index in [0.717, 1.165) is 0 Å². The smallest absolute Gasteiger partial charge is 0.312 e. The lowest BCUT2D eigenvalue weighted by molar-refractivity contribution is 0.246. The Hall–Kier alpha value is -1.51. The monoisotopic (exact) mass is 262 g/mol. The second kappa shape index (κ2) is 5.24. The Bertz CT molecular complexity index is 470. The van der Waals surface area contributed by atoms with Crippen LogP contribution in [0.25, 0.3) is 0 Å². The average Bonchev–Trinajstić information content (AvgIpc) is 2.25. The Labute approximate surface area is 116 Å². The van der Waals surface area contributed by atoms with Crippen molar-refractivity contribution >= 4 is 6.03 Å². The van der Waals surface area contributed by atoms with Crippen LogP contribution in [0.4, 0.5) is 4.79 Å². The van der Waals surface area contributed by atoms with Crippen LogP contribution in [0.15, 0.2) is 18.2 Å². The van der Waals surface area contributed by atoms with Gasteiger partial charge in [-0.25, -0.2) is 4.79 Å². The van der Waals surface area contributed by atoms with Crippen molar-refractivity contribution in [1.29, 1.82) is 0 Å². The Morgan fingerprint density at radius 3 is 2.21 bits per heavy atom. The zero-order valence-corrected chi connectivity index (χ0v) is 12.9. The molecule has 0 aliphatic rings. The van der Waals surface area contributed by atoms with Crippen LogP contribution in [-0.4, -0.2) is 12.6 Å². The van der Waals surface area contributed by atoms with Gasteiger partial charge in [0, 0.05) is 12.0 Å². The van der Waals surface area contributed by atoms with Crippen LogP contribution >= 0.6 is 0 Å². The third-order valence-corrected chi connectivity index (χ3v) is 3.53. The van der Waals surface area contributed by atoms with E-state index < -0.39 is 6.03 Å². The fraction of sp³-hybridized carbons (Fsp3) is 0.562. The number of carbonyl (C=O) groups excluding carboxylic acids is 1. The number of hydrogen-bond acceptors (Lipinski definition) is 1. The largest absolute Gasteiger partial charge is 0.352 e. The van der Waals surface area contributed by atoms with Crippen LogP contribution in [-0.2, 0) is 10.8 Å². The first-order valence-corrected chi connectivity index (χ1v) is 6.69. The first-order chi connectivity index (χ1) is 8.54. The average molecular weight is 262 g/mol. The van der Waals surface area contributed by atoms with E-state index in [1.165, 1.54) is 16.7 Å². The highest BCUT2D eigenvalue weighted by molar-refractivity contribution is 5.71. The van der Waals surface area contributed by atoms with Crippen LogP contribution in [0, 0.1) is 6.92 Å². The normalized spacial score (nSPS) is 12.3. The summed E-state index contributed by atoms with van der Waals surface area (Å²) >= 11 is 0. The van der Waals surface area contributed by atoms with Gasteiger partial charge in [-0.1, -0.05) is 52.8 Å². The van der Waals surface area contributed by atoms with Crippen LogP contribution in [0.5, 0.6) is 0 Å². The van der Waals surface area contributed by atoms with Gasteiger partial charge in [-0.3, -0.25) is 0 Å². The summed E-state index contributed by atoms with van der Waals surface area (Å²) in [4.78, 5) is 10.9. The third kappa shape index (κ3) is 3.98. The molecule has 2 amide bonds. The number of nitrogens with one attached hydrogen (secondary N) is 1. The van der Waals surface area contributed by atoms with Crippen molar-refractivity contribution in [1.82, 2.24) is 5.32 Å². The highest BCUT2D eigenvalue weighted by Gasteiger charge is 2.24. The van der Waals surface area contributed by atoms with Gasteiger partial charge in [-0.15, -0.1) is 0 Å². The summed E-state index contributed by atoms with van der Waals surface area (Å²) in [6.45, 7) is 13.5. The molecule has 3 heteroatoms.